The second kappa shape index (κ2) is 8.89. The lowest BCUT2D eigenvalue weighted by atomic mass is 9.95. The van der Waals surface area contributed by atoms with Crippen molar-refractivity contribution in [1.82, 2.24) is 5.32 Å². The van der Waals surface area contributed by atoms with Gasteiger partial charge in [0.05, 0.1) is 7.05 Å². The van der Waals surface area contributed by atoms with Crippen molar-refractivity contribution in [3.63, 3.8) is 0 Å². The molecule has 0 aliphatic heterocycles. The molecule has 3 N–H and O–H groups in total. The molecule has 1 atom stereocenters. The smallest absolute Gasteiger partial charge is 0.279 e. The fourth-order valence-electron chi connectivity index (χ4n) is 2.87. The lowest BCUT2D eigenvalue weighted by Crippen LogP contribution is -3.11. The molecular formula is C17H25ClN3O2+. The van der Waals surface area contributed by atoms with Crippen molar-refractivity contribution in [3.05, 3.63) is 29.3 Å². The number of hydrogen-bond acceptors (Lipinski definition) is 2. The van der Waals surface area contributed by atoms with Crippen LogP contribution in [0.1, 0.15) is 32.1 Å². The predicted molar refractivity (Wildman–Crippen MR) is 91.7 cm³/mol. The molecule has 1 saturated carbocycles. The number of anilines is 1. The number of halogens is 1. The molecule has 1 unspecified atom stereocenters. The summed E-state index contributed by atoms with van der Waals surface area (Å²) in [5, 5.41) is 6.51. The highest BCUT2D eigenvalue weighted by Gasteiger charge is 2.19. The predicted octanol–water partition coefficient (Wildman–Crippen LogP) is 1.24. The van der Waals surface area contributed by atoms with Gasteiger partial charge in [0.15, 0.2) is 13.1 Å². The molecule has 1 aromatic carbocycles. The fourth-order valence-corrected chi connectivity index (χ4v) is 3.00. The molecule has 126 valence electrons. The minimum atomic E-state index is -0.115. The van der Waals surface area contributed by atoms with Crippen LogP contribution in [-0.2, 0) is 9.59 Å². The van der Waals surface area contributed by atoms with Crippen molar-refractivity contribution in [1.29, 1.82) is 0 Å². The number of nitrogens with one attached hydrogen (secondary N) is 3. The van der Waals surface area contributed by atoms with E-state index < -0.39 is 0 Å². The number of carbonyl (C=O) groups is 2. The van der Waals surface area contributed by atoms with Gasteiger partial charge in [-0.05, 0) is 37.1 Å². The first-order valence-electron chi connectivity index (χ1n) is 8.19. The number of benzene rings is 1. The maximum atomic E-state index is 12.0. The molecule has 0 spiro atoms. The minimum absolute atomic E-state index is 0.0219. The second-order valence-corrected chi connectivity index (χ2v) is 6.70. The summed E-state index contributed by atoms with van der Waals surface area (Å²) in [4.78, 5) is 24.9. The normalized spacial score (nSPS) is 16.6. The maximum Gasteiger partial charge on any atom is 0.279 e. The number of carbonyl (C=O) groups excluding carboxylic acids is 2. The molecule has 23 heavy (non-hydrogen) atoms. The van der Waals surface area contributed by atoms with Crippen LogP contribution in [-0.4, -0.2) is 38.0 Å². The summed E-state index contributed by atoms with van der Waals surface area (Å²) in [5.74, 6) is -0.0935. The van der Waals surface area contributed by atoms with Crippen molar-refractivity contribution < 1.29 is 14.5 Å². The number of quaternary nitrogens is 1. The lowest BCUT2D eigenvalue weighted by Gasteiger charge is -2.23. The Kier molecular flexibility index (Phi) is 6.86. The molecular weight excluding hydrogens is 314 g/mol. The van der Waals surface area contributed by atoms with Gasteiger partial charge in [-0.1, -0.05) is 30.9 Å². The molecule has 0 aromatic heterocycles. The Morgan fingerprint density at radius 3 is 2.35 bits per heavy atom. The zero-order chi connectivity index (χ0) is 16.7. The number of hydrogen-bond donors (Lipinski definition) is 3. The molecule has 0 radical (unpaired) electrons. The van der Waals surface area contributed by atoms with E-state index in [1.807, 2.05) is 7.05 Å². The zero-order valence-electron chi connectivity index (χ0n) is 13.5. The Morgan fingerprint density at radius 2 is 1.70 bits per heavy atom. The van der Waals surface area contributed by atoms with Gasteiger partial charge in [0.1, 0.15) is 0 Å². The van der Waals surface area contributed by atoms with E-state index >= 15 is 0 Å². The van der Waals surface area contributed by atoms with E-state index in [0.717, 1.165) is 17.7 Å². The van der Waals surface area contributed by atoms with E-state index in [4.69, 9.17) is 11.6 Å². The van der Waals surface area contributed by atoms with Gasteiger partial charge in [0.25, 0.3) is 11.8 Å². The van der Waals surface area contributed by atoms with Crippen LogP contribution in [0.5, 0.6) is 0 Å². The molecule has 2 amide bonds. The highest BCUT2D eigenvalue weighted by atomic mass is 35.5. The molecule has 1 fully saturated rings. The topological polar surface area (TPSA) is 62.6 Å². The Balaban J connectivity index is 1.70. The van der Waals surface area contributed by atoms with Gasteiger partial charge < -0.3 is 15.5 Å². The van der Waals surface area contributed by atoms with E-state index in [1.54, 1.807) is 24.3 Å². The van der Waals surface area contributed by atoms with Crippen molar-refractivity contribution >= 4 is 29.1 Å². The van der Waals surface area contributed by atoms with Crippen LogP contribution in [0.3, 0.4) is 0 Å². The number of rotatable bonds is 6. The number of amides is 2. The fraction of sp³-hybridized carbons (Fsp3) is 0.529. The standard InChI is InChI=1S/C17H24ClN3O2/c1-21(11-16(22)19-14-5-3-2-4-6-14)12-17(23)20-15-9-7-13(18)8-10-15/h7-10,14H,2-6,11-12H2,1H3,(H,19,22)(H,20,23)/p+1. The van der Waals surface area contributed by atoms with Gasteiger partial charge in [-0.25, -0.2) is 0 Å². The summed E-state index contributed by atoms with van der Waals surface area (Å²) in [7, 11) is 1.85. The SMILES string of the molecule is C[NH+](CC(=O)Nc1ccc(Cl)cc1)CC(=O)NC1CCCCC1. The Bertz CT molecular complexity index is 527. The van der Waals surface area contributed by atoms with Crippen LogP contribution in [0, 0.1) is 0 Å². The van der Waals surface area contributed by atoms with Gasteiger partial charge in [0, 0.05) is 16.8 Å². The Hall–Kier alpha value is -1.59. The molecule has 1 aliphatic rings. The van der Waals surface area contributed by atoms with Gasteiger partial charge >= 0.3 is 0 Å². The molecule has 0 heterocycles. The number of likely N-dealkylation sites (N-methyl/N-ethyl adjacent to an activating group) is 1. The van der Waals surface area contributed by atoms with Crippen molar-refractivity contribution in [2.45, 2.75) is 38.1 Å². The van der Waals surface area contributed by atoms with E-state index in [1.165, 1.54) is 19.3 Å². The Morgan fingerprint density at radius 1 is 1.09 bits per heavy atom. The molecule has 1 aliphatic carbocycles. The van der Waals surface area contributed by atoms with Crippen LogP contribution < -0.4 is 15.5 Å². The van der Waals surface area contributed by atoms with Crippen LogP contribution in [0.2, 0.25) is 5.02 Å². The van der Waals surface area contributed by atoms with Crippen molar-refractivity contribution in [2.75, 3.05) is 25.5 Å². The third-order valence-electron chi connectivity index (χ3n) is 4.02. The van der Waals surface area contributed by atoms with E-state index in [-0.39, 0.29) is 18.4 Å². The van der Waals surface area contributed by atoms with Crippen molar-refractivity contribution in [2.24, 2.45) is 0 Å². The average Bonchev–Trinajstić information content (AvgIpc) is 2.50. The molecule has 2 rings (SSSR count). The molecule has 1 aromatic rings. The molecule has 0 saturated heterocycles. The van der Waals surface area contributed by atoms with Gasteiger partial charge in [-0.15, -0.1) is 0 Å². The molecule has 5 nitrogen and oxygen atoms in total. The summed E-state index contributed by atoms with van der Waals surface area (Å²) in [6.45, 7) is 0.561. The maximum absolute atomic E-state index is 12.0. The van der Waals surface area contributed by atoms with Gasteiger partial charge in [-0.3, -0.25) is 9.59 Å². The van der Waals surface area contributed by atoms with E-state index in [9.17, 15) is 9.59 Å². The van der Waals surface area contributed by atoms with Crippen LogP contribution in [0.25, 0.3) is 0 Å². The van der Waals surface area contributed by atoms with Gasteiger partial charge in [-0.2, -0.15) is 0 Å². The van der Waals surface area contributed by atoms with Crippen LogP contribution in [0.15, 0.2) is 24.3 Å². The highest BCUT2D eigenvalue weighted by molar-refractivity contribution is 6.30. The van der Waals surface area contributed by atoms with E-state index in [2.05, 4.69) is 10.6 Å². The largest absolute Gasteiger partial charge is 0.348 e. The zero-order valence-corrected chi connectivity index (χ0v) is 14.3. The monoisotopic (exact) mass is 338 g/mol. The Labute approximate surface area is 142 Å². The average molecular weight is 339 g/mol. The third-order valence-corrected chi connectivity index (χ3v) is 4.27. The van der Waals surface area contributed by atoms with Crippen LogP contribution >= 0.6 is 11.6 Å². The third kappa shape index (κ3) is 6.59. The van der Waals surface area contributed by atoms with Crippen LogP contribution in [0.4, 0.5) is 5.69 Å². The summed E-state index contributed by atoms with van der Waals surface area (Å²) < 4.78 is 0. The minimum Gasteiger partial charge on any atom is -0.348 e. The van der Waals surface area contributed by atoms with Crippen molar-refractivity contribution in [3.8, 4) is 0 Å². The second-order valence-electron chi connectivity index (χ2n) is 6.27. The first kappa shape index (κ1) is 17.8. The molecule has 6 heteroatoms. The summed E-state index contributed by atoms with van der Waals surface area (Å²) >= 11 is 5.81. The first-order chi connectivity index (χ1) is 11.0. The summed E-state index contributed by atoms with van der Waals surface area (Å²) in [6.07, 6.45) is 5.79. The first-order valence-corrected chi connectivity index (χ1v) is 8.57. The molecule has 0 bridgehead atoms. The van der Waals surface area contributed by atoms with E-state index in [0.29, 0.717) is 23.3 Å². The highest BCUT2D eigenvalue weighted by Crippen LogP contribution is 2.17. The summed E-state index contributed by atoms with van der Waals surface area (Å²) in [6, 6.07) is 7.28. The quantitative estimate of drug-likeness (QED) is 0.731. The lowest BCUT2D eigenvalue weighted by molar-refractivity contribution is -0.862. The summed E-state index contributed by atoms with van der Waals surface area (Å²) in [5.41, 5.74) is 0.707. The van der Waals surface area contributed by atoms with Gasteiger partial charge in [0.2, 0.25) is 0 Å².